The number of hydrogen-bond donors (Lipinski definition) is 2. The summed E-state index contributed by atoms with van der Waals surface area (Å²) in [6, 6.07) is 3.76. The van der Waals surface area contributed by atoms with Crippen LogP contribution in [0.1, 0.15) is 12.8 Å². The van der Waals surface area contributed by atoms with Crippen molar-refractivity contribution in [2.45, 2.75) is 18.9 Å². The molecule has 20 heavy (non-hydrogen) atoms. The standard InChI is InChI=1S/C13H14ClFN2O3/c14-10-2-1-8(7-11(10)15)16-12(19)13(20)17-5-3-9(18)4-6-17/h1-2,7,9,18H,3-6H2,(H,16,19). The molecule has 0 saturated carbocycles. The normalized spacial score (nSPS) is 16.1. The Morgan fingerprint density at radius 3 is 2.60 bits per heavy atom. The molecule has 1 aliphatic heterocycles. The predicted molar refractivity (Wildman–Crippen MR) is 71.9 cm³/mol. The zero-order valence-electron chi connectivity index (χ0n) is 10.6. The smallest absolute Gasteiger partial charge is 0.313 e. The molecule has 5 nitrogen and oxygen atoms in total. The van der Waals surface area contributed by atoms with Gasteiger partial charge in [0, 0.05) is 18.8 Å². The summed E-state index contributed by atoms with van der Waals surface area (Å²) in [5.41, 5.74) is 0.169. The molecule has 0 spiro atoms. The fraction of sp³-hybridized carbons (Fsp3) is 0.385. The largest absolute Gasteiger partial charge is 0.393 e. The fourth-order valence-electron chi connectivity index (χ4n) is 1.97. The first-order valence-electron chi connectivity index (χ1n) is 6.21. The molecule has 108 valence electrons. The van der Waals surface area contributed by atoms with Crippen LogP contribution in [0.5, 0.6) is 0 Å². The number of anilines is 1. The Balaban J connectivity index is 1.97. The summed E-state index contributed by atoms with van der Waals surface area (Å²) in [5.74, 6) is -2.19. The molecule has 0 unspecified atom stereocenters. The Morgan fingerprint density at radius 1 is 1.35 bits per heavy atom. The summed E-state index contributed by atoms with van der Waals surface area (Å²) in [5, 5.41) is 11.6. The Labute approximate surface area is 120 Å². The lowest BCUT2D eigenvalue weighted by molar-refractivity contribution is -0.144. The number of halogens is 2. The lowest BCUT2D eigenvalue weighted by Crippen LogP contribution is -2.45. The third-order valence-electron chi connectivity index (χ3n) is 3.12. The van der Waals surface area contributed by atoms with E-state index in [4.69, 9.17) is 11.6 Å². The molecule has 1 aromatic rings. The van der Waals surface area contributed by atoms with Gasteiger partial charge in [-0.3, -0.25) is 9.59 Å². The fourth-order valence-corrected chi connectivity index (χ4v) is 2.09. The summed E-state index contributed by atoms with van der Waals surface area (Å²) in [6.45, 7) is 0.671. The lowest BCUT2D eigenvalue weighted by atomic mass is 10.1. The number of aliphatic hydroxyl groups excluding tert-OH is 1. The van der Waals surface area contributed by atoms with Gasteiger partial charge in [0.1, 0.15) is 5.82 Å². The van der Waals surface area contributed by atoms with E-state index in [1.807, 2.05) is 0 Å². The summed E-state index contributed by atoms with van der Waals surface area (Å²) >= 11 is 5.53. The molecule has 1 fully saturated rings. The highest BCUT2D eigenvalue weighted by Crippen LogP contribution is 2.19. The number of piperidine rings is 1. The van der Waals surface area contributed by atoms with Crippen LogP contribution in [0.2, 0.25) is 5.02 Å². The molecular weight excluding hydrogens is 287 g/mol. The monoisotopic (exact) mass is 300 g/mol. The Kier molecular flexibility index (Phi) is 4.57. The minimum atomic E-state index is -0.830. The molecule has 7 heteroatoms. The van der Waals surface area contributed by atoms with E-state index in [0.717, 1.165) is 6.07 Å². The van der Waals surface area contributed by atoms with Gasteiger partial charge in [-0.25, -0.2) is 4.39 Å². The van der Waals surface area contributed by atoms with Gasteiger partial charge < -0.3 is 15.3 Å². The van der Waals surface area contributed by atoms with Crippen molar-refractivity contribution < 1.29 is 19.1 Å². The summed E-state index contributed by atoms with van der Waals surface area (Å²) in [6.07, 6.45) is 0.482. The van der Waals surface area contributed by atoms with Crippen molar-refractivity contribution in [1.82, 2.24) is 4.90 Å². The van der Waals surface area contributed by atoms with Crippen molar-refractivity contribution in [3.8, 4) is 0 Å². The molecule has 1 aromatic carbocycles. The van der Waals surface area contributed by atoms with Crippen molar-refractivity contribution in [2.75, 3.05) is 18.4 Å². The van der Waals surface area contributed by atoms with Gasteiger partial charge >= 0.3 is 11.8 Å². The van der Waals surface area contributed by atoms with Gasteiger partial charge in [0.15, 0.2) is 0 Å². The third kappa shape index (κ3) is 3.46. The number of aliphatic hydroxyl groups is 1. The molecule has 2 amide bonds. The Morgan fingerprint density at radius 2 is 2.00 bits per heavy atom. The summed E-state index contributed by atoms with van der Waals surface area (Å²) < 4.78 is 13.2. The second-order valence-corrected chi connectivity index (χ2v) is 5.01. The maximum Gasteiger partial charge on any atom is 0.313 e. The first-order valence-corrected chi connectivity index (χ1v) is 6.58. The number of amides is 2. The van der Waals surface area contributed by atoms with E-state index in [0.29, 0.717) is 25.9 Å². The SMILES string of the molecule is O=C(Nc1ccc(Cl)c(F)c1)C(=O)N1CCC(O)CC1. The Bertz CT molecular complexity index is 530. The average molecular weight is 301 g/mol. The molecule has 2 rings (SSSR count). The molecule has 0 radical (unpaired) electrons. The summed E-state index contributed by atoms with van der Waals surface area (Å²) in [7, 11) is 0. The topological polar surface area (TPSA) is 69.6 Å². The highest BCUT2D eigenvalue weighted by atomic mass is 35.5. The lowest BCUT2D eigenvalue weighted by Gasteiger charge is -2.28. The van der Waals surface area contributed by atoms with Crippen LogP contribution >= 0.6 is 11.6 Å². The minimum Gasteiger partial charge on any atom is -0.393 e. The van der Waals surface area contributed by atoms with Gasteiger partial charge in [-0.2, -0.15) is 0 Å². The molecule has 1 heterocycles. The number of carbonyl (C=O) groups is 2. The van der Waals surface area contributed by atoms with Gasteiger partial charge in [0.2, 0.25) is 0 Å². The first kappa shape index (κ1) is 14.7. The molecule has 0 aliphatic carbocycles. The second kappa shape index (κ2) is 6.19. The number of hydrogen-bond acceptors (Lipinski definition) is 3. The average Bonchev–Trinajstić information content (AvgIpc) is 2.43. The van der Waals surface area contributed by atoms with Gasteiger partial charge in [0.05, 0.1) is 11.1 Å². The molecule has 0 aromatic heterocycles. The molecular formula is C13H14ClFN2O3. The van der Waals surface area contributed by atoms with Gasteiger partial charge in [0.25, 0.3) is 0 Å². The quantitative estimate of drug-likeness (QED) is 0.770. The van der Waals surface area contributed by atoms with E-state index >= 15 is 0 Å². The zero-order chi connectivity index (χ0) is 14.7. The van der Waals surface area contributed by atoms with Crippen LogP contribution in [0.4, 0.5) is 10.1 Å². The van der Waals surface area contributed by atoms with E-state index in [1.165, 1.54) is 17.0 Å². The van der Waals surface area contributed by atoms with Gasteiger partial charge in [-0.15, -0.1) is 0 Å². The minimum absolute atomic E-state index is 0.0562. The zero-order valence-corrected chi connectivity index (χ0v) is 11.4. The predicted octanol–water partition coefficient (Wildman–Crippen LogP) is 1.40. The van der Waals surface area contributed by atoms with Crippen LogP contribution in [0.3, 0.4) is 0 Å². The molecule has 1 saturated heterocycles. The number of rotatable bonds is 1. The maximum atomic E-state index is 13.2. The van der Waals surface area contributed by atoms with E-state index in [-0.39, 0.29) is 10.7 Å². The number of benzene rings is 1. The molecule has 0 bridgehead atoms. The second-order valence-electron chi connectivity index (χ2n) is 4.61. The van der Waals surface area contributed by atoms with Crippen molar-refractivity contribution in [1.29, 1.82) is 0 Å². The van der Waals surface area contributed by atoms with Crippen LogP contribution in [0.25, 0.3) is 0 Å². The van der Waals surface area contributed by atoms with Crippen molar-refractivity contribution in [3.63, 3.8) is 0 Å². The maximum absolute atomic E-state index is 13.2. The van der Waals surface area contributed by atoms with Gasteiger partial charge in [-0.1, -0.05) is 11.6 Å². The van der Waals surface area contributed by atoms with E-state index in [1.54, 1.807) is 0 Å². The van der Waals surface area contributed by atoms with Crippen LogP contribution in [-0.4, -0.2) is 41.0 Å². The van der Waals surface area contributed by atoms with E-state index < -0.39 is 23.7 Å². The molecule has 0 atom stereocenters. The number of likely N-dealkylation sites (tertiary alicyclic amines) is 1. The van der Waals surface area contributed by atoms with E-state index in [2.05, 4.69) is 5.32 Å². The van der Waals surface area contributed by atoms with Crippen LogP contribution in [0.15, 0.2) is 18.2 Å². The van der Waals surface area contributed by atoms with Crippen LogP contribution in [-0.2, 0) is 9.59 Å². The number of nitrogens with zero attached hydrogens (tertiary/aromatic N) is 1. The highest BCUT2D eigenvalue weighted by Gasteiger charge is 2.26. The van der Waals surface area contributed by atoms with Crippen molar-refractivity contribution >= 4 is 29.1 Å². The van der Waals surface area contributed by atoms with E-state index in [9.17, 15) is 19.1 Å². The number of carbonyl (C=O) groups excluding carboxylic acids is 2. The highest BCUT2D eigenvalue weighted by molar-refractivity contribution is 6.39. The third-order valence-corrected chi connectivity index (χ3v) is 3.43. The molecule has 1 aliphatic rings. The summed E-state index contributed by atoms with van der Waals surface area (Å²) in [4.78, 5) is 25.0. The molecule has 2 N–H and O–H groups in total. The van der Waals surface area contributed by atoms with Crippen molar-refractivity contribution in [2.24, 2.45) is 0 Å². The van der Waals surface area contributed by atoms with Crippen molar-refractivity contribution in [3.05, 3.63) is 29.0 Å². The Hall–Kier alpha value is -1.66. The number of nitrogens with one attached hydrogen (secondary N) is 1. The van der Waals surface area contributed by atoms with Crippen LogP contribution < -0.4 is 5.32 Å². The van der Waals surface area contributed by atoms with Crippen LogP contribution in [0, 0.1) is 5.82 Å². The first-order chi connectivity index (χ1) is 9.47. The van der Waals surface area contributed by atoms with Gasteiger partial charge in [-0.05, 0) is 31.0 Å².